The van der Waals surface area contributed by atoms with Gasteiger partial charge in [-0.05, 0) is 81.3 Å². The molecule has 18 heteroatoms. The van der Waals surface area contributed by atoms with E-state index in [2.05, 4.69) is 42.6 Å². The zero-order valence-corrected chi connectivity index (χ0v) is 33.5. The first-order valence-electron chi connectivity index (χ1n) is 20.1. The Kier molecular flexibility index (Phi) is 10.5. The first-order chi connectivity index (χ1) is 29.2. The fourth-order valence-electron chi connectivity index (χ4n) is 8.53. The molecular formula is C42H41N11O6S. The van der Waals surface area contributed by atoms with Crippen LogP contribution < -0.4 is 21.3 Å². The fourth-order valence-corrected chi connectivity index (χ4v) is 9.56. The number of pyridine rings is 1. The average Bonchev–Trinajstić information content (AvgIpc) is 3.97. The lowest BCUT2D eigenvalue weighted by Gasteiger charge is -2.36. The molecule has 0 radical (unpaired) electrons. The lowest BCUT2D eigenvalue weighted by molar-refractivity contribution is -0.136. The van der Waals surface area contributed by atoms with Gasteiger partial charge in [-0.25, -0.2) is 4.52 Å². The summed E-state index contributed by atoms with van der Waals surface area (Å²) in [5.74, 6) is -1.97. The third kappa shape index (κ3) is 7.34. The lowest BCUT2D eigenvalue weighted by atomic mass is 9.80. The van der Waals surface area contributed by atoms with Crippen LogP contribution in [0.5, 0.6) is 0 Å². The topological polar surface area (TPSA) is 226 Å². The summed E-state index contributed by atoms with van der Waals surface area (Å²) in [4.78, 5) is 69.3. The van der Waals surface area contributed by atoms with Gasteiger partial charge in [-0.2, -0.15) is 10.4 Å². The summed E-state index contributed by atoms with van der Waals surface area (Å²) >= 11 is 1.57. The fraction of sp³-hybridized carbons (Fsp3) is 0.381. The minimum Gasteiger partial charge on any atom is -0.387 e. The number of hydrogen-bond acceptors (Lipinski definition) is 14. The first-order valence-corrected chi connectivity index (χ1v) is 20.9. The SMILES string of the molecule is CNc1cc(-c2ccc3cc(C#N)cnn23)ncc1-c1nnc(C2CCC(NC(=O)C3CC(OCCNc4cccc5c4C(=O)N(C4CCC(=O)NC4=O)C5=O)C3)CC2)s1. The van der Waals surface area contributed by atoms with Crippen molar-refractivity contribution in [2.45, 2.75) is 75.5 Å². The summed E-state index contributed by atoms with van der Waals surface area (Å²) in [6, 6.07) is 13.7. The Morgan fingerprint density at radius 1 is 0.983 bits per heavy atom. The molecule has 3 fully saturated rings. The van der Waals surface area contributed by atoms with Crippen molar-refractivity contribution in [3.8, 4) is 28.0 Å². The molecular weight excluding hydrogens is 787 g/mol. The molecule has 1 atom stereocenters. The zero-order chi connectivity index (χ0) is 41.5. The van der Waals surface area contributed by atoms with Crippen molar-refractivity contribution in [3.05, 3.63) is 76.6 Å². The number of aromatic nitrogens is 5. The second kappa shape index (κ2) is 16.2. The van der Waals surface area contributed by atoms with Crippen molar-refractivity contribution in [2.75, 3.05) is 30.8 Å². The molecule has 6 heterocycles. The zero-order valence-electron chi connectivity index (χ0n) is 32.6. The predicted molar refractivity (Wildman–Crippen MR) is 219 cm³/mol. The number of rotatable bonds is 12. The van der Waals surface area contributed by atoms with Gasteiger partial charge in [-0.15, -0.1) is 10.2 Å². The van der Waals surface area contributed by atoms with Crippen molar-refractivity contribution >= 4 is 57.8 Å². The van der Waals surface area contributed by atoms with Gasteiger partial charge in [0.25, 0.3) is 11.8 Å². The number of nitrogens with zero attached hydrogens (tertiary/aromatic N) is 7. The van der Waals surface area contributed by atoms with E-state index in [0.717, 1.165) is 68.8 Å². The van der Waals surface area contributed by atoms with E-state index < -0.39 is 29.7 Å². The molecule has 2 aliphatic heterocycles. The van der Waals surface area contributed by atoms with E-state index in [4.69, 9.17) is 9.72 Å². The number of hydrogen-bond donors (Lipinski definition) is 4. The van der Waals surface area contributed by atoms with Crippen molar-refractivity contribution < 1.29 is 28.7 Å². The third-order valence-corrected chi connectivity index (χ3v) is 13.0. The highest BCUT2D eigenvalue weighted by atomic mass is 32.1. The molecule has 9 rings (SSSR count). The van der Waals surface area contributed by atoms with Crippen LogP contribution >= 0.6 is 11.3 Å². The number of anilines is 2. The second-order valence-electron chi connectivity index (χ2n) is 15.5. The van der Waals surface area contributed by atoms with Crippen LogP contribution in [0.4, 0.5) is 11.4 Å². The van der Waals surface area contributed by atoms with Crippen molar-refractivity contribution in [3.63, 3.8) is 0 Å². The third-order valence-electron chi connectivity index (χ3n) is 11.9. The van der Waals surface area contributed by atoms with E-state index in [1.807, 2.05) is 25.2 Å². The van der Waals surface area contributed by atoms with Crippen LogP contribution in [0.15, 0.2) is 54.9 Å². The number of nitrogens with one attached hydrogen (secondary N) is 4. The molecule has 1 aromatic carbocycles. The second-order valence-corrected chi connectivity index (χ2v) is 16.6. The standard InChI is InChI=1S/C42H41N11O6S/c1-44-31-18-32(33-10-9-26-15-22(19-43)20-47-53(26)33)46-21-29(31)40-51-50-39(60-40)23-5-7-25(8-6-23)48-37(55)24-16-27(17-24)59-14-13-45-30-4-2-3-28-36(30)42(58)52(41(28)57)34-11-12-35(54)49-38(34)56/h2-4,9-10,15,18,20-21,23-25,27,34,45H,5-8,11-14,16-17H2,1H3,(H,44,46)(H,48,55)(H,49,54,56). The molecule has 60 heavy (non-hydrogen) atoms. The van der Waals surface area contributed by atoms with Crippen LogP contribution in [0.1, 0.15) is 88.6 Å². The molecule has 5 amide bonds. The van der Waals surface area contributed by atoms with Gasteiger partial charge in [-0.3, -0.25) is 39.2 Å². The van der Waals surface area contributed by atoms with Crippen LogP contribution in [-0.2, 0) is 19.1 Å². The number of amides is 5. The maximum absolute atomic E-state index is 13.3. The Morgan fingerprint density at radius 3 is 2.60 bits per heavy atom. The molecule has 17 nitrogen and oxygen atoms in total. The van der Waals surface area contributed by atoms with E-state index in [9.17, 15) is 29.2 Å². The molecule has 4 aliphatic rings. The van der Waals surface area contributed by atoms with Crippen LogP contribution in [0.25, 0.3) is 27.5 Å². The van der Waals surface area contributed by atoms with E-state index in [0.29, 0.717) is 37.2 Å². The molecule has 2 aliphatic carbocycles. The summed E-state index contributed by atoms with van der Waals surface area (Å²) in [7, 11) is 1.86. The highest BCUT2D eigenvalue weighted by Gasteiger charge is 2.45. The number of carbonyl (C=O) groups is 5. The summed E-state index contributed by atoms with van der Waals surface area (Å²) < 4.78 is 7.78. The minimum atomic E-state index is -1.03. The molecule has 0 spiro atoms. The summed E-state index contributed by atoms with van der Waals surface area (Å²) in [6.45, 7) is 0.713. The van der Waals surface area contributed by atoms with Crippen LogP contribution in [-0.4, -0.2) is 97.6 Å². The van der Waals surface area contributed by atoms with Crippen molar-refractivity contribution in [2.24, 2.45) is 5.92 Å². The van der Waals surface area contributed by atoms with E-state index in [1.54, 1.807) is 46.3 Å². The number of benzene rings is 1. The Labute approximate surface area is 347 Å². The Morgan fingerprint density at radius 2 is 1.82 bits per heavy atom. The first kappa shape index (κ1) is 38.9. The summed E-state index contributed by atoms with van der Waals surface area (Å²) in [6.07, 6.45) is 8.24. The largest absolute Gasteiger partial charge is 0.387 e. The molecule has 2 saturated carbocycles. The Bertz CT molecular complexity index is 2590. The van der Waals surface area contributed by atoms with Gasteiger partial charge in [-0.1, -0.05) is 17.4 Å². The molecule has 1 unspecified atom stereocenters. The maximum atomic E-state index is 13.3. The highest BCUT2D eigenvalue weighted by Crippen LogP contribution is 2.40. The van der Waals surface area contributed by atoms with Crippen LogP contribution in [0.2, 0.25) is 0 Å². The Balaban J connectivity index is 0.715. The normalized spacial score (nSPS) is 22.5. The van der Waals surface area contributed by atoms with Crippen LogP contribution in [0, 0.1) is 17.2 Å². The van der Waals surface area contributed by atoms with E-state index >= 15 is 0 Å². The van der Waals surface area contributed by atoms with Gasteiger partial charge in [0.15, 0.2) is 5.01 Å². The van der Waals surface area contributed by atoms with Crippen molar-refractivity contribution in [1.82, 2.24) is 40.3 Å². The molecule has 306 valence electrons. The predicted octanol–water partition coefficient (Wildman–Crippen LogP) is 4.28. The lowest BCUT2D eigenvalue weighted by Crippen LogP contribution is -2.54. The quantitative estimate of drug-likeness (QED) is 0.102. The number of ether oxygens (including phenoxy) is 1. The van der Waals surface area contributed by atoms with Gasteiger partial charge in [0, 0.05) is 55.5 Å². The molecule has 4 N–H and O–H groups in total. The number of imide groups is 2. The maximum Gasteiger partial charge on any atom is 0.264 e. The van der Waals surface area contributed by atoms with Gasteiger partial charge in [0.05, 0.1) is 58.1 Å². The highest BCUT2D eigenvalue weighted by molar-refractivity contribution is 7.14. The number of piperidine rings is 1. The molecule has 5 aromatic rings. The number of nitriles is 1. The number of fused-ring (bicyclic) bond motifs is 2. The monoisotopic (exact) mass is 827 g/mol. The van der Waals surface area contributed by atoms with Gasteiger partial charge < -0.3 is 20.7 Å². The summed E-state index contributed by atoms with van der Waals surface area (Å²) in [5.41, 5.74) is 5.47. The van der Waals surface area contributed by atoms with Gasteiger partial charge >= 0.3 is 0 Å². The van der Waals surface area contributed by atoms with Crippen molar-refractivity contribution in [1.29, 1.82) is 5.26 Å². The summed E-state index contributed by atoms with van der Waals surface area (Å²) in [5, 5.41) is 36.5. The minimum absolute atomic E-state index is 0.0444. The average molecular weight is 828 g/mol. The van der Waals surface area contributed by atoms with E-state index in [-0.39, 0.29) is 53.9 Å². The van der Waals surface area contributed by atoms with E-state index in [1.165, 1.54) is 6.20 Å². The molecule has 0 bridgehead atoms. The van der Waals surface area contributed by atoms with Gasteiger partial charge in [0.2, 0.25) is 17.7 Å². The Hall–Kier alpha value is -6.58. The van der Waals surface area contributed by atoms with Gasteiger partial charge in [0.1, 0.15) is 17.1 Å². The molecule has 1 saturated heterocycles. The molecule has 4 aromatic heterocycles. The van der Waals surface area contributed by atoms with Crippen LogP contribution in [0.3, 0.4) is 0 Å². The number of carbonyl (C=O) groups excluding carboxylic acids is 5. The smallest absolute Gasteiger partial charge is 0.264 e.